The van der Waals surface area contributed by atoms with Crippen LogP contribution in [0.4, 0.5) is 0 Å². The van der Waals surface area contributed by atoms with Crippen LogP contribution in [0.5, 0.6) is 5.75 Å². The lowest BCUT2D eigenvalue weighted by Crippen LogP contribution is -2.35. The van der Waals surface area contributed by atoms with Crippen LogP contribution in [0.3, 0.4) is 0 Å². The molecule has 4 rings (SSSR count). The Morgan fingerprint density at radius 3 is 3.14 bits per heavy atom. The molecule has 0 saturated heterocycles. The number of hydrogen-bond donors (Lipinski definition) is 1. The topological polar surface area (TPSA) is 63.8 Å². The number of hydrazone groups is 1. The zero-order valence-corrected chi connectivity index (χ0v) is 12.0. The van der Waals surface area contributed by atoms with E-state index < -0.39 is 0 Å². The van der Waals surface area contributed by atoms with Gasteiger partial charge in [0.1, 0.15) is 11.5 Å². The summed E-state index contributed by atoms with van der Waals surface area (Å²) in [6.07, 6.45) is 3.50. The number of furan rings is 1. The first-order valence-electron chi connectivity index (χ1n) is 7.05. The molecule has 0 fully saturated rings. The molecule has 110 valence electrons. The van der Waals surface area contributed by atoms with E-state index in [9.17, 15) is 4.79 Å². The Labute approximate surface area is 127 Å². The number of benzene rings is 1. The summed E-state index contributed by atoms with van der Waals surface area (Å²) in [6.45, 7) is 0.230. The van der Waals surface area contributed by atoms with E-state index >= 15 is 0 Å². The van der Waals surface area contributed by atoms with Gasteiger partial charge in [0, 0.05) is 11.1 Å². The summed E-state index contributed by atoms with van der Waals surface area (Å²) >= 11 is 0. The Balaban J connectivity index is 1.92. The van der Waals surface area contributed by atoms with E-state index in [4.69, 9.17) is 9.15 Å². The van der Waals surface area contributed by atoms with Gasteiger partial charge in [-0.3, -0.25) is 4.79 Å². The van der Waals surface area contributed by atoms with Crippen molar-refractivity contribution in [3.05, 3.63) is 59.1 Å². The second-order valence-corrected chi connectivity index (χ2v) is 5.26. The minimum Gasteiger partial charge on any atom is -0.497 e. The second-order valence-electron chi connectivity index (χ2n) is 5.26. The van der Waals surface area contributed by atoms with Gasteiger partial charge in [-0.15, -0.1) is 0 Å². The molecule has 0 amide bonds. The standard InChI is InChI=1S/C17H14N2O3/c1-21-12-4-2-3-10(7-12)15-16-13(14(20)9-18-19-16)8-11-5-6-22-17(11)15/h2-8,15,18H,9H2,1H3. The third-order valence-electron chi connectivity index (χ3n) is 4.01. The number of ketones is 1. The van der Waals surface area contributed by atoms with Crippen molar-refractivity contribution in [2.75, 3.05) is 13.7 Å². The van der Waals surface area contributed by atoms with E-state index in [0.29, 0.717) is 11.3 Å². The number of methoxy groups -OCH3 is 1. The van der Waals surface area contributed by atoms with E-state index in [0.717, 1.165) is 22.6 Å². The van der Waals surface area contributed by atoms with Crippen molar-refractivity contribution in [3.63, 3.8) is 0 Å². The van der Waals surface area contributed by atoms with E-state index in [-0.39, 0.29) is 18.2 Å². The number of nitrogens with zero attached hydrogens (tertiary/aromatic N) is 1. The van der Waals surface area contributed by atoms with Gasteiger partial charge < -0.3 is 14.6 Å². The van der Waals surface area contributed by atoms with Crippen LogP contribution in [0.15, 0.2) is 51.7 Å². The lowest BCUT2D eigenvalue weighted by Gasteiger charge is -2.27. The van der Waals surface area contributed by atoms with Gasteiger partial charge in [-0.05, 0) is 29.8 Å². The minimum atomic E-state index is -0.211. The second kappa shape index (κ2) is 4.87. The Bertz CT molecular complexity index is 817. The predicted molar refractivity (Wildman–Crippen MR) is 82.0 cm³/mol. The fourth-order valence-corrected chi connectivity index (χ4v) is 2.96. The summed E-state index contributed by atoms with van der Waals surface area (Å²) in [6, 6.07) is 9.62. The molecule has 2 heterocycles. The van der Waals surface area contributed by atoms with E-state index in [1.54, 1.807) is 13.4 Å². The number of carbonyl (C=O) groups excluding carboxylic acids is 1. The average molecular weight is 294 g/mol. The van der Waals surface area contributed by atoms with Crippen LogP contribution < -0.4 is 10.2 Å². The van der Waals surface area contributed by atoms with Crippen molar-refractivity contribution in [1.82, 2.24) is 5.43 Å². The van der Waals surface area contributed by atoms with Crippen LogP contribution in [-0.4, -0.2) is 25.1 Å². The summed E-state index contributed by atoms with van der Waals surface area (Å²) < 4.78 is 11.0. The maximum absolute atomic E-state index is 12.2. The number of hydrogen-bond acceptors (Lipinski definition) is 5. The number of ether oxygens (including phenoxy) is 1. The zero-order valence-electron chi connectivity index (χ0n) is 12.0. The third-order valence-corrected chi connectivity index (χ3v) is 4.01. The maximum atomic E-state index is 12.2. The molecule has 0 bridgehead atoms. The number of rotatable bonds is 2. The summed E-state index contributed by atoms with van der Waals surface area (Å²) in [5.41, 5.74) is 6.07. The predicted octanol–water partition coefficient (Wildman–Crippen LogP) is 2.35. The SMILES string of the molecule is COc1cccc(C2C3=NNCC(=O)C3=Cc3ccoc32)c1. The lowest BCUT2D eigenvalue weighted by molar-refractivity contribution is -0.114. The first-order chi connectivity index (χ1) is 10.8. The molecule has 1 atom stereocenters. The molecule has 2 aromatic rings. The minimum absolute atomic E-state index is 0.0461. The number of carbonyl (C=O) groups is 1. The molecule has 2 aliphatic rings. The van der Waals surface area contributed by atoms with E-state index in [2.05, 4.69) is 10.5 Å². The molecule has 1 aliphatic heterocycles. The van der Waals surface area contributed by atoms with Gasteiger partial charge in [0.15, 0.2) is 5.78 Å². The average Bonchev–Trinajstić information content (AvgIpc) is 3.01. The molecule has 0 radical (unpaired) electrons. The fourth-order valence-electron chi connectivity index (χ4n) is 2.96. The van der Waals surface area contributed by atoms with Gasteiger partial charge >= 0.3 is 0 Å². The van der Waals surface area contributed by atoms with Crippen molar-refractivity contribution in [3.8, 4) is 5.75 Å². The number of Topliss-reactive ketones (excluding diaryl/α,β-unsaturated/α-hetero) is 1. The molecule has 1 unspecified atom stereocenters. The summed E-state index contributed by atoms with van der Waals surface area (Å²) in [5, 5.41) is 4.37. The van der Waals surface area contributed by atoms with Crippen molar-refractivity contribution in [2.45, 2.75) is 5.92 Å². The number of fused-ring (bicyclic) bond motifs is 2. The normalized spacial score (nSPS) is 19.5. The van der Waals surface area contributed by atoms with Gasteiger partial charge in [0.25, 0.3) is 0 Å². The van der Waals surface area contributed by atoms with Gasteiger partial charge in [-0.1, -0.05) is 12.1 Å². The first kappa shape index (κ1) is 12.9. The van der Waals surface area contributed by atoms with Crippen LogP contribution in [0.25, 0.3) is 6.08 Å². The van der Waals surface area contributed by atoms with Gasteiger partial charge in [-0.2, -0.15) is 5.10 Å². The zero-order chi connectivity index (χ0) is 15.1. The highest BCUT2D eigenvalue weighted by Crippen LogP contribution is 2.39. The fraction of sp³-hybridized carbons (Fsp3) is 0.176. The van der Waals surface area contributed by atoms with Crippen LogP contribution in [0.1, 0.15) is 22.8 Å². The Morgan fingerprint density at radius 1 is 1.36 bits per heavy atom. The highest BCUT2D eigenvalue weighted by molar-refractivity contribution is 6.30. The highest BCUT2D eigenvalue weighted by Gasteiger charge is 2.36. The van der Waals surface area contributed by atoms with E-state index in [1.807, 2.05) is 36.4 Å². The molecule has 22 heavy (non-hydrogen) atoms. The van der Waals surface area contributed by atoms with Crippen molar-refractivity contribution in [2.24, 2.45) is 5.10 Å². The monoisotopic (exact) mass is 294 g/mol. The molecular weight excluding hydrogens is 280 g/mol. The molecule has 1 aliphatic carbocycles. The van der Waals surface area contributed by atoms with Crippen LogP contribution in [-0.2, 0) is 4.79 Å². The molecular formula is C17H14N2O3. The van der Waals surface area contributed by atoms with Gasteiger partial charge in [-0.25, -0.2) is 0 Å². The Kier molecular flexibility index (Phi) is 2.85. The Morgan fingerprint density at radius 2 is 2.27 bits per heavy atom. The van der Waals surface area contributed by atoms with Gasteiger partial charge in [0.2, 0.25) is 0 Å². The maximum Gasteiger partial charge on any atom is 0.185 e. The van der Waals surface area contributed by atoms with Crippen molar-refractivity contribution in [1.29, 1.82) is 0 Å². The first-order valence-corrected chi connectivity index (χ1v) is 7.05. The molecule has 0 saturated carbocycles. The van der Waals surface area contributed by atoms with Crippen molar-refractivity contribution < 1.29 is 13.9 Å². The smallest absolute Gasteiger partial charge is 0.185 e. The van der Waals surface area contributed by atoms with Crippen LogP contribution in [0.2, 0.25) is 0 Å². The summed E-state index contributed by atoms with van der Waals surface area (Å²) in [7, 11) is 1.63. The summed E-state index contributed by atoms with van der Waals surface area (Å²) in [5.74, 6) is 1.39. The molecule has 1 aromatic carbocycles. The summed E-state index contributed by atoms with van der Waals surface area (Å²) in [4.78, 5) is 12.2. The van der Waals surface area contributed by atoms with Gasteiger partial charge in [0.05, 0.1) is 31.5 Å². The molecule has 5 heteroatoms. The quantitative estimate of drug-likeness (QED) is 0.923. The molecule has 1 N–H and O–H groups in total. The van der Waals surface area contributed by atoms with Crippen molar-refractivity contribution >= 4 is 17.6 Å². The van der Waals surface area contributed by atoms with E-state index in [1.165, 1.54) is 0 Å². The molecule has 1 aromatic heterocycles. The Hall–Kier alpha value is -2.82. The third kappa shape index (κ3) is 1.86. The number of nitrogens with one attached hydrogen (secondary N) is 1. The highest BCUT2D eigenvalue weighted by atomic mass is 16.5. The largest absolute Gasteiger partial charge is 0.497 e. The molecule has 5 nitrogen and oxygen atoms in total. The lowest BCUT2D eigenvalue weighted by atomic mass is 9.80. The van der Waals surface area contributed by atoms with Crippen LogP contribution in [0, 0.1) is 0 Å². The van der Waals surface area contributed by atoms with Crippen LogP contribution >= 0.6 is 0 Å². The molecule has 0 spiro atoms.